The second kappa shape index (κ2) is 4.80. The summed E-state index contributed by atoms with van der Waals surface area (Å²) in [5.74, 6) is -0.0753. The SMILES string of the molecule is CN1C(=O)CCc2cc(NC(=O)c3ccno3)ccc21. The molecule has 1 aromatic carbocycles. The van der Waals surface area contributed by atoms with Gasteiger partial charge in [-0.05, 0) is 30.2 Å². The van der Waals surface area contributed by atoms with Gasteiger partial charge in [0.1, 0.15) is 0 Å². The largest absolute Gasteiger partial charge is 0.351 e. The van der Waals surface area contributed by atoms with Gasteiger partial charge in [0.2, 0.25) is 11.7 Å². The van der Waals surface area contributed by atoms with E-state index in [2.05, 4.69) is 10.5 Å². The molecule has 1 aromatic heterocycles. The highest BCUT2D eigenvalue weighted by Crippen LogP contribution is 2.29. The van der Waals surface area contributed by atoms with Gasteiger partial charge in [-0.3, -0.25) is 9.59 Å². The van der Waals surface area contributed by atoms with Crippen LogP contribution in [0.15, 0.2) is 35.0 Å². The normalized spacial score (nSPS) is 14.1. The highest BCUT2D eigenvalue weighted by molar-refractivity contribution is 6.02. The molecule has 6 heteroatoms. The first-order chi connectivity index (χ1) is 9.65. The molecule has 102 valence electrons. The lowest BCUT2D eigenvalue weighted by Crippen LogP contribution is -2.31. The average Bonchev–Trinajstić information content (AvgIpc) is 2.97. The van der Waals surface area contributed by atoms with E-state index in [0.29, 0.717) is 18.5 Å². The summed E-state index contributed by atoms with van der Waals surface area (Å²) in [4.78, 5) is 25.1. The number of amides is 2. The Hall–Kier alpha value is -2.63. The molecule has 1 aliphatic rings. The minimum absolute atomic E-state index is 0.107. The third-order valence-electron chi connectivity index (χ3n) is 3.34. The molecule has 0 fully saturated rings. The summed E-state index contributed by atoms with van der Waals surface area (Å²) in [6.45, 7) is 0. The van der Waals surface area contributed by atoms with Crippen LogP contribution in [0, 0.1) is 0 Å². The maximum Gasteiger partial charge on any atom is 0.294 e. The second-order valence-corrected chi connectivity index (χ2v) is 4.63. The van der Waals surface area contributed by atoms with Gasteiger partial charge in [0.15, 0.2) is 0 Å². The molecule has 0 unspecified atom stereocenters. The molecule has 2 aromatic rings. The summed E-state index contributed by atoms with van der Waals surface area (Å²) >= 11 is 0. The number of benzene rings is 1. The number of nitrogens with zero attached hydrogens (tertiary/aromatic N) is 2. The molecule has 1 aliphatic heterocycles. The van der Waals surface area contributed by atoms with E-state index in [0.717, 1.165) is 11.3 Å². The highest BCUT2D eigenvalue weighted by atomic mass is 16.5. The van der Waals surface area contributed by atoms with Crippen molar-refractivity contribution in [3.8, 4) is 0 Å². The number of hydrogen-bond donors (Lipinski definition) is 1. The maximum absolute atomic E-state index is 11.9. The zero-order valence-corrected chi connectivity index (χ0v) is 10.9. The fourth-order valence-corrected chi connectivity index (χ4v) is 2.26. The van der Waals surface area contributed by atoms with Gasteiger partial charge in [-0.15, -0.1) is 0 Å². The van der Waals surface area contributed by atoms with Crippen LogP contribution in [0.5, 0.6) is 0 Å². The third-order valence-corrected chi connectivity index (χ3v) is 3.34. The van der Waals surface area contributed by atoms with Crippen molar-refractivity contribution in [1.29, 1.82) is 0 Å². The maximum atomic E-state index is 11.9. The summed E-state index contributed by atoms with van der Waals surface area (Å²) in [6.07, 6.45) is 2.59. The second-order valence-electron chi connectivity index (χ2n) is 4.63. The van der Waals surface area contributed by atoms with Gasteiger partial charge < -0.3 is 14.7 Å². The Kier molecular flexibility index (Phi) is 2.98. The Morgan fingerprint density at radius 2 is 2.20 bits per heavy atom. The molecule has 0 saturated carbocycles. The number of carbonyl (C=O) groups is 2. The van der Waals surface area contributed by atoms with Crippen molar-refractivity contribution in [2.24, 2.45) is 0 Å². The molecule has 0 aliphatic carbocycles. The Labute approximate surface area is 115 Å². The minimum atomic E-state index is -0.345. The van der Waals surface area contributed by atoms with Crippen LogP contribution >= 0.6 is 0 Å². The number of fused-ring (bicyclic) bond motifs is 1. The number of aryl methyl sites for hydroxylation is 1. The monoisotopic (exact) mass is 271 g/mol. The predicted octanol–water partition coefficient (Wildman–Crippen LogP) is 1.84. The molecule has 2 amide bonds. The lowest BCUT2D eigenvalue weighted by atomic mass is 10.0. The molecule has 0 radical (unpaired) electrons. The molecular weight excluding hydrogens is 258 g/mol. The lowest BCUT2D eigenvalue weighted by molar-refractivity contribution is -0.118. The standard InChI is InChI=1S/C14H13N3O3/c1-17-11-4-3-10(8-9(11)2-5-13(17)18)16-14(19)12-6-7-15-20-12/h3-4,6-8H,2,5H2,1H3,(H,16,19). The average molecular weight is 271 g/mol. The predicted molar refractivity (Wildman–Crippen MR) is 72.6 cm³/mol. The molecular formula is C14H13N3O3. The molecule has 20 heavy (non-hydrogen) atoms. The first-order valence-electron chi connectivity index (χ1n) is 6.26. The molecule has 0 saturated heterocycles. The Balaban J connectivity index is 1.83. The Bertz CT molecular complexity index is 664. The molecule has 3 rings (SSSR count). The van der Waals surface area contributed by atoms with Crippen LogP contribution in [0.4, 0.5) is 11.4 Å². The number of aromatic nitrogens is 1. The van der Waals surface area contributed by atoms with E-state index in [9.17, 15) is 9.59 Å². The van der Waals surface area contributed by atoms with Gasteiger partial charge in [-0.2, -0.15) is 0 Å². The van der Waals surface area contributed by atoms with Crippen LogP contribution < -0.4 is 10.2 Å². The van der Waals surface area contributed by atoms with Crippen molar-refractivity contribution >= 4 is 23.2 Å². The molecule has 6 nitrogen and oxygen atoms in total. The number of anilines is 2. The van der Waals surface area contributed by atoms with Crippen LogP contribution in [0.2, 0.25) is 0 Å². The topological polar surface area (TPSA) is 75.4 Å². The van der Waals surface area contributed by atoms with E-state index < -0.39 is 0 Å². The van der Waals surface area contributed by atoms with Crippen molar-refractivity contribution in [2.75, 3.05) is 17.3 Å². The van der Waals surface area contributed by atoms with E-state index in [1.54, 1.807) is 18.0 Å². The molecule has 0 bridgehead atoms. The first-order valence-corrected chi connectivity index (χ1v) is 6.26. The van der Waals surface area contributed by atoms with E-state index in [1.807, 2.05) is 12.1 Å². The van der Waals surface area contributed by atoms with Gasteiger partial charge >= 0.3 is 0 Å². The van der Waals surface area contributed by atoms with E-state index >= 15 is 0 Å². The molecule has 2 heterocycles. The summed E-state index contributed by atoms with van der Waals surface area (Å²) < 4.78 is 4.80. The van der Waals surface area contributed by atoms with E-state index in [1.165, 1.54) is 12.3 Å². The summed E-state index contributed by atoms with van der Waals surface area (Å²) in [5.41, 5.74) is 2.61. The van der Waals surface area contributed by atoms with Crippen LogP contribution in [-0.4, -0.2) is 24.0 Å². The first kappa shape index (κ1) is 12.4. The zero-order chi connectivity index (χ0) is 14.1. The summed E-state index contributed by atoms with van der Waals surface area (Å²) in [5, 5.41) is 6.24. The molecule has 1 N–H and O–H groups in total. The van der Waals surface area contributed by atoms with Crippen molar-refractivity contribution in [1.82, 2.24) is 5.16 Å². The van der Waals surface area contributed by atoms with Crippen LogP contribution in [0.1, 0.15) is 22.5 Å². The third kappa shape index (κ3) is 2.16. The lowest BCUT2D eigenvalue weighted by Gasteiger charge is -2.26. The summed E-state index contributed by atoms with van der Waals surface area (Å²) in [6, 6.07) is 6.98. The quantitative estimate of drug-likeness (QED) is 0.904. The van der Waals surface area contributed by atoms with Gasteiger partial charge in [-0.25, -0.2) is 0 Å². The Morgan fingerprint density at radius 1 is 1.35 bits per heavy atom. The van der Waals surface area contributed by atoms with Crippen LogP contribution in [0.25, 0.3) is 0 Å². The zero-order valence-electron chi connectivity index (χ0n) is 10.9. The van der Waals surface area contributed by atoms with E-state index in [4.69, 9.17) is 4.52 Å². The van der Waals surface area contributed by atoms with E-state index in [-0.39, 0.29) is 17.6 Å². The van der Waals surface area contributed by atoms with Gasteiger partial charge in [0.25, 0.3) is 5.91 Å². The smallest absolute Gasteiger partial charge is 0.294 e. The molecule has 0 atom stereocenters. The van der Waals surface area contributed by atoms with Crippen molar-refractivity contribution in [3.63, 3.8) is 0 Å². The van der Waals surface area contributed by atoms with Crippen molar-refractivity contribution in [3.05, 3.63) is 41.8 Å². The molecule has 0 spiro atoms. The van der Waals surface area contributed by atoms with Gasteiger partial charge in [0, 0.05) is 30.9 Å². The van der Waals surface area contributed by atoms with Gasteiger partial charge in [0.05, 0.1) is 6.20 Å². The summed E-state index contributed by atoms with van der Waals surface area (Å²) in [7, 11) is 1.76. The highest BCUT2D eigenvalue weighted by Gasteiger charge is 2.21. The van der Waals surface area contributed by atoms with Crippen molar-refractivity contribution < 1.29 is 14.1 Å². The number of rotatable bonds is 2. The Morgan fingerprint density at radius 3 is 2.95 bits per heavy atom. The number of hydrogen-bond acceptors (Lipinski definition) is 4. The fourth-order valence-electron chi connectivity index (χ4n) is 2.26. The van der Waals surface area contributed by atoms with Crippen LogP contribution in [-0.2, 0) is 11.2 Å². The van der Waals surface area contributed by atoms with Gasteiger partial charge in [-0.1, -0.05) is 5.16 Å². The number of carbonyl (C=O) groups excluding carboxylic acids is 2. The minimum Gasteiger partial charge on any atom is -0.351 e. The fraction of sp³-hybridized carbons (Fsp3) is 0.214. The number of nitrogens with one attached hydrogen (secondary N) is 1. The van der Waals surface area contributed by atoms with Crippen molar-refractivity contribution in [2.45, 2.75) is 12.8 Å². The van der Waals surface area contributed by atoms with Crippen LogP contribution in [0.3, 0.4) is 0 Å².